The van der Waals surface area contributed by atoms with Crippen LogP contribution in [0.2, 0.25) is 0 Å². The van der Waals surface area contributed by atoms with E-state index < -0.39 is 0 Å². The summed E-state index contributed by atoms with van der Waals surface area (Å²) >= 11 is 0. The highest BCUT2D eigenvalue weighted by Crippen LogP contribution is 2.27. The van der Waals surface area contributed by atoms with E-state index in [9.17, 15) is 10.1 Å². The predicted molar refractivity (Wildman–Crippen MR) is 101 cm³/mol. The van der Waals surface area contributed by atoms with E-state index in [1.54, 1.807) is 20.3 Å². The van der Waals surface area contributed by atoms with Gasteiger partial charge in [-0.1, -0.05) is 35.9 Å². The number of nitriles is 1. The maximum Gasteiger partial charge on any atom is 0.261 e. The molecule has 0 fully saturated rings. The quantitative estimate of drug-likeness (QED) is 0.614. The van der Waals surface area contributed by atoms with Crippen molar-refractivity contribution in [3.8, 4) is 17.6 Å². The molecule has 2 aromatic rings. The number of ether oxygens (including phenoxy) is 2. The lowest BCUT2D eigenvalue weighted by Gasteiger charge is -2.10. The van der Waals surface area contributed by atoms with Crippen LogP contribution in [-0.4, -0.2) is 26.7 Å². The van der Waals surface area contributed by atoms with Gasteiger partial charge in [0.1, 0.15) is 11.6 Å². The second kappa shape index (κ2) is 9.28. The monoisotopic (exact) mass is 350 g/mol. The summed E-state index contributed by atoms with van der Waals surface area (Å²) in [6.45, 7) is 2.40. The first-order valence-electron chi connectivity index (χ1n) is 8.25. The molecule has 0 aliphatic heterocycles. The fourth-order valence-corrected chi connectivity index (χ4v) is 2.43. The molecular formula is C21H22N2O3. The minimum Gasteiger partial charge on any atom is -0.493 e. The summed E-state index contributed by atoms with van der Waals surface area (Å²) in [6.07, 6.45) is 2.21. The zero-order valence-electron chi connectivity index (χ0n) is 15.2. The second-order valence-corrected chi connectivity index (χ2v) is 5.78. The van der Waals surface area contributed by atoms with Crippen LogP contribution in [0.5, 0.6) is 11.5 Å². The van der Waals surface area contributed by atoms with Crippen LogP contribution in [0, 0.1) is 18.3 Å². The minimum absolute atomic E-state index is 0.0844. The lowest BCUT2D eigenvalue weighted by atomic mass is 10.1. The van der Waals surface area contributed by atoms with Crippen LogP contribution in [-0.2, 0) is 11.2 Å². The Kier molecular flexibility index (Phi) is 6.81. The molecule has 1 amide bonds. The molecule has 26 heavy (non-hydrogen) atoms. The molecule has 0 atom stereocenters. The maximum absolute atomic E-state index is 12.2. The lowest BCUT2D eigenvalue weighted by molar-refractivity contribution is -0.117. The smallest absolute Gasteiger partial charge is 0.261 e. The Morgan fingerprint density at radius 2 is 1.81 bits per heavy atom. The molecule has 0 aromatic heterocycles. The third-order valence-electron chi connectivity index (χ3n) is 3.90. The molecule has 0 aliphatic rings. The normalized spacial score (nSPS) is 10.8. The zero-order chi connectivity index (χ0) is 18.9. The van der Waals surface area contributed by atoms with Crippen LogP contribution in [0.3, 0.4) is 0 Å². The van der Waals surface area contributed by atoms with Gasteiger partial charge in [-0.15, -0.1) is 0 Å². The average molecular weight is 350 g/mol. The highest BCUT2D eigenvalue weighted by Gasteiger charge is 2.09. The van der Waals surface area contributed by atoms with Crippen molar-refractivity contribution in [1.29, 1.82) is 5.26 Å². The molecule has 0 spiro atoms. The number of hydrogen-bond acceptors (Lipinski definition) is 4. The van der Waals surface area contributed by atoms with Crippen molar-refractivity contribution in [2.24, 2.45) is 0 Å². The van der Waals surface area contributed by atoms with Gasteiger partial charge >= 0.3 is 0 Å². The van der Waals surface area contributed by atoms with Crippen LogP contribution in [0.15, 0.2) is 48.0 Å². The van der Waals surface area contributed by atoms with Gasteiger partial charge in [-0.25, -0.2) is 0 Å². The Labute approximate surface area is 153 Å². The van der Waals surface area contributed by atoms with E-state index >= 15 is 0 Å². The molecule has 0 aliphatic carbocycles. The highest BCUT2D eigenvalue weighted by atomic mass is 16.5. The summed E-state index contributed by atoms with van der Waals surface area (Å²) in [6, 6.07) is 15.2. The Morgan fingerprint density at radius 1 is 1.12 bits per heavy atom. The Bertz CT molecular complexity index is 833. The molecule has 2 aromatic carbocycles. The molecule has 2 rings (SSSR count). The second-order valence-electron chi connectivity index (χ2n) is 5.78. The van der Waals surface area contributed by atoms with Crippen LogP contribution in [0.4, 0.5) is 0 Å². The molecule has 0 radical (unpaired) electrons. The number of carbonyl (C=O) groups is 1. The highest BCUT2D eigenvalue weighted by molar-refractivity contribution is 6.01. The van der Waals surface area contributed by atoms with E-state index in [0.29, 0.717) is 24.5 Å². The topological polar surface area (TPSA) is 71.3 Å². The Hall–Kier alpha value is -3.26. The number of amides is 1. The largest absolute Gasteiger partial charge is 0.493 e. The van der Waals surface area contributed by atoms with Crippen LogP contribution in [0.1, 0.15) is 16.7 Å². The van der Waals surface area contributed by atoms with E-state index in [1.807, 2.05) is 55.5 Å². The maximum atomic E-state index is 12.2. The standard InChI is InChI=1S/C21H22N2O3/c1-15-4-6-16(7-5-15)12-18(14-22)21(24)23-11-10-17-8-9-19(25-2)20(13-17)26-3/h4-9,12-13H,10-11H2,1-3H3,(H,23,24)/b18-12+. The van der Waals surface area contributed by atoms with Gasteiger partial charge in [0.15, 0.2) is 11.5 Å². The first-order chi connectivity index (χ1) is 12.6. The summed E-state index contributed by atoms with van der Waals surface area (Å²) in [7, 11) is 3.17. The van der Waals surface area contributed by atoms with Crippen molar-refractivity contribution in [2.45, 2.75) is 13.3 Å². The average Bonchev–Trinajstić information content (AvgIpc) is 2.67. The number of aryl methyl sites for hydroxylation is 1. The molecule has 0 saturated heterocycles. The molecule has 5 heteroatoms. The number of rotatable bonds is 7. The zero-order valence-corrected chi connectivity index (χ0v) is 15.2. The number of nitrogens with zero attached hydrogens (tertiary/aromatic N) is 1. The van der Waals surface area contributed by atoms with E-state index in [-0.39, 0.29) is 11.5 Å². The first kappa shape index (κ1) is 19.1. The van der Waals surface area contributed by atoms with E-state index in [4.69, 9.17) is 9.47 Å². The number of benzene rings is 2. The van der Waals surface area contributed by atoms with Gasteiger partial charge in [-0.2, -0.15) is 5.26 Å². The molecule has 134 valence electrons. The van der Waals surface area contributed by atoms with Crippen molar-refractivity contribution in [1.82, 2.24) is 5.32 Å². The summed E-state index contributed by atoms with van der Waals surface area (Å²) in [4.78, 5) is 12.2. The van der Waals surface area contributed by atoms with Crippen molar-refractivity contribution < 1.29 is 14.3 Å². The molecule has 0 unspecified atom stereocenters. The van der Waals surface area contributed by atoms with Crippen molar-refractivity contribution in [2.75, 3.05) is 20.8 Å². The van der Waals surface area contributed by atoms with Gasteiger partial charge in [0.2, 0.25) is 0 Å². The molecule has 1 N–H and O–H groups in total. The third kappa shape index (κ3) is 5.12. The summed E-state index contributed by atoms with van der Waals surface area (Å²) in [5, 5.41) is 12.0. The fraction of sp³-hybridized carbons (Fsp3) is 0.238. The van der Waals surface area contributed by atoms with Gasteiger partial charge in [0.25, 0.3) is 5.91 Å². The van der Waals surface area contributed by atoms with Gasteiger partial charge in [0.05, 0.1) is 14.2 Å². The van der Waals surface area contributed by atoms with Crippen molar-refractivity contribution >= 4 is 12.0 Å². The molecule has 0 bridgehead atoms. The van der Waals surface area contributed by atoms with Gasteiger partial charge in [-0.05, 0) is 42.7 Å². The molecular weight excluding hydrogens is 328 g/mol. The van der Waals surface area contributed by atoms with Crippen LogP contribution < -0.4 is 14.8 Å². The van der Waals surface area contributed by atoms with Gasteiger partial charge < -0.3 is 14.8 Å². The van der Waals surface area contributed by atoms with E-state index in [1.165, 1.54) is 0 Å². The van der Waals surface area contributed by atoms with Crippen molar-refractivity contribution in [3.63, 3.8) is 0 Å². The molecule has 5 nitrogen and oxygen atoms in total. The fourth-order valence-electron chi connectivity index (χ4n) is 2.43. The number of methoxy groups -OCH3 is 2. The number of nitrogens with one attached hydrogen (secondary N) is 1. The van der Waals surface area contributed by atoms with Gasteiger partial charge in [0, 0.05) is 6.54 Å². The third-order valence-corrected chi connectivity index (χ3v) is 3.90. The van der Waals surface area contributed by atoms with Crippen LogP contribution >= 0.6 is 0 Å². The minimum atomic E-state index is -0.381. The van der Waals surface area contributed by atoms with Crippen molar-refractivity contribution in [3.05, 3.63) is 64.7 Å². The van der Waals surface area contributed by atoms with E-state index in [2.05, 4.69) is 5.32 Å². The summed E-state index contributed by atoms with van der Waals surface area (Å²) in [5.41, 5.74) is 3.03. The molecule has 0 heterocycles. The lowest BCUT2D eigenvalue weighted by Crippen LogP contribution is -2.26. The molecule has 0 saturated carbocycles. The summed E-state index contributed by atoms with van der Waals surface area (Å²) < 4.78 is 10.5. The number of hydrogen-bond donors (Lipinski definition) is 1. The van der Waals surface area contributed by atoms with E-state index in [0.717, 1.165) is 16.7 Å². The van der Waals surface area contributed by atoms with Gasteiger partial charge in [-0.3, -0.25) is 4.79 Å². The SMILES string of the molecule is COc1ccc(CCNC(=O)/C(C#N)=C/c2ccc(C)cc2)cc1OC. The van der Waals surface area contributed by atoms with Crippen LogP contribution in [0.25, 0.3) is 6.08 Å². The Morgan fingerprint density at radius 3 is 2.42 bits per heavy atom. The summed E-state index contributed by atoms with van der Waals surface area (Å²) in [5.74, 6) is 0.926. The predicted octanol–water partition coefficient (Wildman–Crippen LogP) is 3.28. The number of carbonyl (C=O) groups excluding carboxylic acids is 1. The Balaban J connectivity index is 1.97. The first-order valence-corrected chi connectivity index (χ1v) is 8.25.